The van der Waals surface area contributed by atoms with E-state index in [1.807, 2.05) is 5.32 Å². The lowest BCUT2D eigenvalue weighted by Crippen LogP contribution is -2.36. The summed E-state index contributed by atoms with van der Waals surface area (Å²) in [6.07, 6.45) is 4.01. The highest BCUT2D eigenvalue weighted by Crippen LogP contribution is 2.37. The van der Waals surface area contributed by atoms with Crippen molar-refractivity contribution in [3.05, 3.63) is 46.1 Å². The van der Waals surface area contributed by atoms with E-state index in [2.05, 4.69) is 34.3 Å². The second kappa shape index (κ2) is 10.8. The number of carbonyl (C=O) groups is 1. The number of pyridine rings is 1. The van der Waals surface area contributed by atoms with E-state index >= 15 is 4.39 Å². The predicted molar refractivity (Wildman–Crippen MR) is 144 cm³/mol. The summed E-state index contributed by atoms with van der Waals surface area (Å²) in [5, 5.41) is 5.66. The zero-order valence-corrected chi connectivity index (χ0v) is 22.8. The molecule has 0 spiro atoms. The van der Waals surface area contributed by atoms with Crippen LogP contribution in [0.1, 0.15) is 52.0 Å². The van der Waals surface area contributed by atoms with Gasteiger partial charge in [0.2, 0.25) is 11.9 Å². The molecule has 2 aromatic heterocycles. The normalized spacial score (nSPS) is 22.6. The minimum Gasteiger partial charge on any atom is -0.351 e. The largest absolute Gasteiger partial charge is 0.351 e. The Labute approximate surface area is 228 Å². The van der Waals surface area contributed by atoms with Crippen LogP contribution in [0.15, 0.2) is 23.1 Å². The molecule has 1 amide bonds. The molecule has 0 unspecified atom stereocenters. The lowest BCUT2D eigenvalue weighted by Gasteiger charge is -2.33. The summed E-state index contributed by atoms with van der Waals surface area (Å²) in [4.78, 5) is 36.7. The van der Waals surface area contributed by atoms with Crippen LogP contribution in [0.25, 0.3) is 22.2 Å². The fourth-order valence-electron chi connectivity index (χ4n) is 5.34. The van der Waals surface area contributed by atoms with Crippen molar-refractivity contribution < 1.29 is 22.4 Å². The highest BCUT2D eigenvalue weighted by atomic mass is 19.2. The standard InChI is InChI=1S/C28H32F4N6O2/c1-13(2)38-25-14(12-33-28(36-25)34-15-5-7-16(8-6-15)37(3)4)9-18(27(38)40)17-10-21(30)24(23(32)22(17)31)35-26(39)19-11-20(19)29/h9-10,12-13,15-16,19-20H,5-8,11H2,1-4H3,(H,35,39)(H,33,34,36)/t15-,16-,19-,20-/m1/s1. The Morgan fingerprint density at radius 2 is 1.75 bits per heavy atom. The van der Waals surface area contributed by atoms with E-state index in [4.69, 9.17) is 0 Å². The average Bonchev–Trinajstić information content (AvgIpc) is 3.65. The molecular formula is C28H32F4N6O2. The molecule has 12 heteroatoms. The van der Waals surface area contributed by atoms with Gasteiger partial charge in [0.1, 0.15) is 17.5 Å². The van der Waals surface area contributed by atoms with Crippen molar-refractivity contribution in [2.75, 3.05) is 24.7 Å². The SMILES string of the molecule is CC(C)n1c(=O)c(-c2cc(F)c(NC(=O)[C@@H]3C[C@H]3F)c(F)c2F)cc2cnc(N[C@H]3CC[C@H](N(C)C)CC3)nc21. The summed E-state index contributed by atoms with van der Waals surface area (Å²) >= 11 is 0. The van der Waals surface area contributed by atoms with E-state index < -0.39 is 58.3 Å². The Balaban J connectivity index is 1.49. The van der Waals surface area contributed by atoms with E-state index in [1.165, 1.54) is 16.8 Å². The van der Waals surface area contributed by atoms with Crippen molar-refractivity contribution in [2.45, 2.75) is 70.2 Å². The molecule has 2 saturated carbocycles. The first-order valence-corrected chi connectivity index (χ1v) is 13.4. The van der Waals surface area contributed by atoms with Crippen molar-refractivity contribution in [1.29, 1.82) is 0 Å². The van der Waals surface area contributed by atoms with Crippen LogP contribution in [0, 0.1) is 23.4 Å². The van der Waals surface area contributed by atoms with Gasteiger partial charge in [-0.2, -0.15) is 4.98 Å². The fourth-order valence-corrected chi connectivity index (χ4v) is 5.34. The summed E-state index contributed by atoms with van der Waals surface area (Å²) in [6, 6.07) is 2.25. The van der Waals surface area contributed by atoms with Crippen LogP contribution in [0.4, 0.5) is 29.2 Å². The van der Waals surface area contributed by atoms with Crippen LogP contribution in [-0.4, -0.2) is 57.7 Å². The molecule has 0 aliphatic heterocycles. The molecule has 2 aliphatic rings. The zero-order chi connectivity index (χ0) is 28.9. The Hall–Kier alpha value is -3.54. The van der Waals surface area contributed by atoms with E-state index in [0.29, 0.717) is 29.1 Å². The van der Waals surface area contributed by atoms with Crippen LogP contribution < -0.4 is 16.2 Å². The van der Waals surface area contributed by atoms with Crippen LogP contribution >= 0.6 is 0 Å². The monoisotopic (exact) mass is 560 g/mol. The molecule has 0 saturated heterocycles. The van der Waals surface area contributed by atoms with Gasteiger partial charge in [-0.3, -0.25) is 14.2 Å². The summed E-state index contributed by atoms with van der Waals surface area (Å²) in [5.41, 5.74) is -2.30. The molecule has 2 N–H and O–H groups in total. The molecule has 2 fully saturated rings. The number of nitrogens with zero attached hydrogens (tertiary/aromatic N) is 4. The highest BCUT2D eigenvalue weighted by molar-refractivity contribution is 5.95. The predicted octanol–water partition coefficient (Wildman–Crippen LogP) is 5.04. The Morgan fingerprint density at radius 3 is 2.35 bits per heavy atom. The number of aromatic nitrogens is 3. The van der Waals surface area contributed by atoms with Crippen LogP contribution in [0.2, 0.25) is 0 Å². The number of hydrogen-bond donors (Lipinski definition) is 2. The zero-order valence-electron chi connectivity index (χ0n) is 22.8. The third kappa shape index (κ3) is 5.28. The Bertz CT molecular complexity index is 1520. The van der Waals surface area contributed by atoms with Gasteiger partial charge in [-0.25, -0.2) is 22.5 Å². The summed E-state index contributed by atoms with van der Waals surface area (Å²) < 4.78 is 59.6. The first kappa shape index (κ1) is 28.0. The first-order chi connectivity index (χ1) is 19.0. The second-order valence-electron chi connectivity index (χ2n) is 11.2. The van der Waals surface area contributed by atoms with Gasteiger partial charge in [0.25, 0.3) is 5.56 Å². The number of anilines is 2. The molecule has 0 radical (unpaired) electrons. The van der Waals surface area contributed by atoms with Crippen LogP contribution in [0.5, 0.6) is 0 Å². The summed E-state index contributed by atoms with van der Waals surface area (Å²) in [7, 11) is 4.14. The maximum absolute atomic E-state index is 15.2. The smallest absolute Gasteiger partial charge is 0.260 e. The van der Waals surface area contributed by atoms with E-state index in [0.717, 1.165) is 25.7 Å². The van der Waals surface area contributed by atoms with Gasteiger partial charge in [-0.1, -0.05) is 0 Å². The molecule has 2 aliphatic carbocycles. The third-order valence-electron chi connectivity index (χ3n) is 7.80. The number of alkyl halides is 1. The number of rotatable bonds is 7. The maximum Gasteiger partial charge on any atom is 0.260 e. The summed E-state index contributed by atoms with van der Waals surface area (Å²) in [6.45, 7) is 3.49. The van der Waals surface area contributed by atoms with Crippen molar-refractivity contribution >= 4 is 28.6 Å². The second-order valence-corrected chi connectivity index (χ2v) is 11.2. The Kier molecular flexibility index (Phi) is 7.56. The van der Waals surface area contributed by atoms with Crippen molar-refractivity contribution in [1.82, 2.24) is 19.4 Å². The molecular weight excluding hydrogens is 528 g/mol. The molecule has 2 atom stereocenters. The molecule has 8 nitrogen and oxygen atoms in total. The molecule has 5 rings (SSSR count). The van der Waals surface area contributed by atoms with Crippen molar-refractivity contribution in [3.8, 4) is 11.1 Å². The molecule has 2 heterocycles. The lowest BCUT2D eigenvalue weighted by molar-refractivity contribution is -0.117. The topological polar surface area (TPSA) is 92.1 Å². The molecule has 1 aromatic carbocycles. The van der Waals surface area contributed by atoms with Gasteiger partial charge in [0.15, 0.2) is 17.5 Å². The van der Waals surface area contributed by atoms with Crippen molar-refractivity contribution in [2.24, 2.45) is 5.92 Å². The van der Waals surface area contributed by atoms with E-state index in [-0.39, 0.29) is 18.0 Å². The van der Waals surface area contributed by atoms with Crippen LogP contribution in [-0.2, 0) is 4.79 Å². The number of carbonyl (C=O) groups excluding carboxylic acids is 1. The third-order valence-corrected chi connectivity index (χ3v) is 7.80. The van der Waals surface area contributed by atoms with E-state index in [1.54, 1.807) is 13.8 Å². The van der Waals surface area contributed by atoms with Gasteiger partial charge < -0.3 is 15.5 Å². The number of fused-ring (bicyclic) bond motifs is 1. The quantitative estimate of drug-likeness (QED) is 0.311. The molecule has 3 aromatic rings. The van der Waals surface area contributed by atoms with Gasteiger partial charge in [-0.15, -0.1) is 0 Å². The Morgan fingerprint density at radius 1 is 1.07 bits per heavy atom. The molecule has 40 heavy (non-hydrogen) atoms. The summed E-state index contributed by atoms with van der Waals surface area (Å²) in [5.74, 6) is -6.06. The van der Waals surface area contributed by atoms with Crippen LogP contribution in [0.3, 0.4) is 0 Å². The van der Waals surface area contributed by atoms with Gasteiger partial charge >= 0.3 is 0 Å². The minimum absolute atomic E-state index is 0.0572. The number of amides is 1. The minimum atomic E-state index is -1.67. The first-order valence-electron chi connectivity index (χ1n) is 13.4. The van der Waals surface area contributed by atoms with Gasteiger partial charge in [0, 0.05) is 35.3 Å². The fraction of sp³-hybridized carbons (Fsp3) is 0.500. The van der Waals surface area contributed by atoms with Gasteiger partial charge in [-0.05, 0) is 72.2 Å². The molecule has 0 bridgehead atoms. The number of benzene rings is 1. The molecule has 214 valence electrons. The number of halogens is 4. The maximum atomic E-state index is 15.2. The van der Waals surface area contributed by atoms with Crippen molar-refractivity contribution in [3.63, 3.8) is 0 Å². The van der Waals surface area contributed by atoms with E-state index in [9.17, 15) is 22.8 Å². The number of nitrogens with one attached hydrogen (secondary N) is 2. The lowest BCUT2D eigenvalue weighted by atomic mass is 9.91. The highest BCUT2D eigenvalue weighted by Gasteiger charge is 2.44. The van der Waals surface area contributed by atoms with Gasteiger partial charge in [0.05, 0.1) is 11.5 Å². The average molecular weight is 561 g/mol. The number of hydrogen-bond acceptors (Lipinski definition) is 6.